The molecule has 114 valence electrons. The van der Waals surface area contributed by atoms with Gasteiger partial charge in [-0.1, -0.05) is 0 Å². The van der Waals surface area contributed by atoms with Gasteiger partial charge in [-0.05, 0) is 12.2 Å². The molecule has 2 atom stereocenters. The molecule has 2 unspecified atom stereocenters. The van der Waals surface area contributed by atoms with Crippen LogP contribution in [0.2, 0.25) is 0 Å². The first-order chi connectivity index (χ1) is 9.85. The van der Waals surface area contributed by atoms with Crippen molar-refractivity contribution in [2.24, 2.45) is 10.7 Å². The minimum atomic E-state index is 0.187. The Hall–Kier alpha value is -0.400. The first kappa shape index (κ1) is 16.0. The van der Waals surface area contributed by atoms with E-state index in [0.29, 0.717) is 19.1 Å². The van der Waals surface area contributed by atoms with Crippen LogP contribution in [0, 0.1) is 0 Å². The van der Waals surface area contributed by atoms with Gasteiger partial charge < -0.3 is 15.2 Å². The molecule has 2 aliphatic rings. The fraction of sp³-hybridized carbons (Fsp3) is 0.923. The van der Waals surface area contributed by atoms with E-state index in [1.165, 1.54) is 0 Å². The van der Waals surface area contributed by atoms with Crippen molar-refractivity contribution in [2.75, 3.05) is 65.6 Å². The molecule has 2 N–H and O–H groups in total. The van der Waals surface area contributed by atoms with Crippen LogP contribution in [0.1, 0.15) is 0 Å². The lowest BCUT2D eigenvalue weighted by atomic mass is 10.1. The van der Waals surface area contributed by atoms with E-state index in [0.717, 1.165) is 52.5 Å². The van der Waals surface area contributed by atoms with E-state index in [1.807, 2.05) is 0 Å². The van der Waals surface area contributed by atoms with Gasteiger partial charge in [-0.2, -0.15) is 0 Å². The second-order valence-electron chi connectivity index (χ2n) is 5.15. The van der Waals surface area contributed by atoms with Crippen molar-refractivity contribution in [3.8, 4) is 0 Å². The summed E-state index contributed by atoms with van der Waals surface area (Å²) in [5.74, 6) is 0. The quantitative estimate of drug-likeness (QED) is 0.524. The Labute approximate surface area is 125 Å². The molecule has 0 amide bonds. The van der Waals surface area contributed by atoms with Crippen molar-refractivity contribution < 1.29 is 9.47 Å². The number of nitrogens with zero attached hydrogens (tertiary/aromatic N) is 3. The molecule has 0 aromatic carbocycles. The summed E-state index contributed by atoms with van der Waals surface area (Å²) in [6, 6.07) is 0.296. The molecule has 6 nitrogen and oxygen atoms in total. The lowest BCUT2D eigenvalue weighted by molar-refractivity contribution is -0.112. The summed E-state index contributed by atoms with van der Waals surface area (Å²) in [5.41, 5.74) is 5.64. The van der Waals surface area contributed by atoms with Crippen molar-refractivity contribution in [1.82, 2.24) is 9.80 Å². The SMILES string of the molecule is NCCN1CCOC(C2COCCN2CCN=C=S)C1. The van der Waals surface area contributed by atoms with Crippen LogP contribution >= 0.6 is 12.2 Å². The van der Waals surface area contributed by atoms with Crippen molar-refractivity contribution in [3.63, 3.8) is 0 Å². The number of thiocarbonyl (C=S) groups is 1. The summed E-state index contributed by atoms with van der Waals surface area (Å²) in [6.45, 7) is 8.30. The van der Waals surface area contributed by atoms with Gasteiger partial charge in [0.05, 0.1) is 43.7 Å². The van der Waals surface area contributed by atoms with Crippen LogP contribution in [0.5, 0.6) is 0 Å². The van der Waals surface area contributed by atoms with E-state index in [4.69, 9.17) is 15.2 Å². The summed E-state index contributed by atoms with van der Waals surface area (Å²) in [7, 11) is 0. The highest BCUT2D eigenvalue weighted by Gasteiger charge is 2.34. The maximum absolute atomic E-state index is 5.96. The minimum Gasteiger partial charge on any atom is -0.378 e. The van der Waals surface area contributed by atoms with E-state index < -0.39 is 0 Å². The third kappa shape index (κ3) is 4.56. The van der Waals surface area contributed by atoms with Crippen molar-refractivity contribution >= 4 is 17.4 Å². The van der Waals surface area contributed by atoms with Crippen LogP contribution in [0.4, 0.5) is 0 Å². The van der Waals surface area contributed by atoms with Crippen LogP contribution in [-0.2, 0) is 9.47 Å². The van der Waals surface area contributed by atoms with Gasteiger partial charge >= 0.3 is 0 Å². The Kier molecular flexibility index (Phi) is 7.02. The first-order valence-electron chi connectivity index (χ1n) is 7.24. The average molecular weight is 300 g/mol. The summed E-state index contributed by atoms with van der Waals surface area (Å²) >= 11 is 4.61. The minimum absolute atomic E-state index is 0.187. The van der Waals surface area contributed by atoms with Gasteiger partial charge in [0.25, 0.3) is 0 Å². The highest BCUT2D eigenvalue weighted by atomic mass is 32.1. The zero-order chi connectivity index (χ0) is 14.2. The van der Waals surface area contributed by atoms with Gasteiger partial charge in [-0.15, -0.1) is 0 Å². The summed E-state index contributed by atoms with van der Waals surface area (Å²) < 4.78 is 11.6. The Bertz CT molecular complexity index is 336. The molecule has 2 heterocycles. The first-order valence-corrected chi connectivity index (χ1v) is 7.65. The number of ether oxygens (including phenoxy) is 2. The largest absolute Gasteiger partial charge is 0.378 e. The molecular formula is C13H24N4O2S. The van der Waals surface area contributed by atoms with Crippen LogP contribution in [-0.4, -0.2) is 92.7 Å². The molecule has 0 aromatic rings. The zero-order valence-electron chi connectivity index (χ0n) is 11.9. The monoisotopic (exact) mass is 300 g/mol. The highest BCUT2D eigenvalue weighted by Crippen LogP contribution is 2.17. The number of hydrogen-bond donors (Lipinski definition) is 1. The van der Waals surface area contributed by atoms with Gasteiger partial charge in [0.2, 0.25) is 0 Å². The molecule has 2 aliphatic heterocycles. The van der Waals surface area contributed by atoms with Gasteiger partial charge in [-0.25, -0.2) is 4.99 Å². The molecule has 7 heteroatoms. The second-order valence-corrected chi connectivity index (χ2v) is 5.33. The van der Waals surface area contributed by atoms with E-state index >= 15 is 0 Å². The molecule has 0 bridgehead atoms. The van der Waals surface area contributed by atoms with Gasteiger partial charge in [0.1, 0.15) is 0 Å². The molecule has 2 fully saturated rings. The summed E-state index contributed by atoms with van der Waals surface area (Å²) in [4.78, 5) is 8.77. The average Bonchev–Trinajstić information content (AvgIpc) is 2.49. The molecule has 2 rings (SSSR count). The number of isothiocyanates is 1. The lowest BCUT2D eigenvalue weighted by Crippen LogP contribution is -2.58. The van der Waals surface area contributed by atoms with E-state index in [-0.39, 0.29) is 6.10 Å². The Morgan fingerprint density at radius 2 is 2.20 bits per heavy atom. The predicted octanol–water partition coefficient (Wildman–Crippen LogP) is -0.550. The molecule has 0 aliphatic carbocycles. The Balaban J connectivity index is 1.90. The molecule has 0 saturated carbocycles. The molecule has 20 heavy (non-hydrogen) atoms. The summed E-state index contributed by atoms with van der Waals surface area (Å²) in [6.07, 6.45) is 0.187. The van der Waals surface area contributed by atoms with Crippen LogP contribution < -0.4 is 5.73 Å². The number of hydrogen-bond acceptors (Lipinski definition) is 7. The third-order valence-corrected chi connectivity index (χ3v) is 4.03. The number of nitrogens with two attached hydrogens (primary N) is 1. The maximum atomic E-state index is 5.96. The third-order valence-electron chi connectivity index (χ3n) is 3.90. The summed E-state index contributed by atoms with van der Waals surface area (Å²) in [5, 5.41) is 2.42. The highest BCUT2D eigenvalue weighted by molar-refractivity contribution is 7.78. The Morgan fingerprint density at radius 1 is 1.30 bits per heavy atom. The molecule has 0 spiro atoms. The van der Waals surface area contributed by atoms with Gasteiger partial charge in [0, 0.05) is 39.3 Å². The van der Waals surface area contributed by atoms with Gasteiger partial charge in [-0.3, -0.25) is 9.80 Å². The van der Waals surface area contributed by atoms with Crippen molar-refractivity contribution in [2.45, 2.75) is 12.1 Å². The topological polar surface area (TPSA) is 63.3 Å². The fourth-order valence-corrected chi connectivity index (χ4v) is 2.94. The molecule has 0 aromatic heterocycles. The fourth-order valence-electron chi connectivity index (χ4n) is 2.85. The van der Waals surface area contributed by atoms with E-state index in [9.17, 15) is 0 Å². The number of rotatable bonds is 6. The molecule has 0 radical (unpaired) electrons. The predicted molar refractivity (Wildman–Crippen MR) is 81.3 cm³/mol. The van der Waals surface area contributed by atoms with Crippen LogP contribution in [0.15, 0.2) is 4.99 Å². The van der Waals surface area contributed by atoms with E-state index in [1.54, 1.807) is 0 Å². The number of morpholine rings is 2. The van der Waals surface area contributed by atoms with Crippen molar-refractivity contribution in [1.29, 1.82) is 0 Å². The Morgan fingerprint density at radius 3 is 3.00 bits per heavy atom. The zero-order valence-corrected chi connectivity index (χ0v) is 12.7. The smallest absolute Gasteiger partial charge is 0.0879 e. The normalized spacial score (nSPS) is 29.1. The van der Waals surface area contributed by atoms with Crippen molar-refractivity contribution in [3.05, 3.63) is 0 Å². The molecular weight excluding hydrogens is 276 g/mol. The molecule has 2 saturated heterocycles. The van der Waals surface area contributed by atoms with Crippen LogP contribution in [0.25, 0.3) is 0 Å². The maximum Gasteiger partial charge on any atom is 0.0879 e. The van der Waals surface area contributed by atoms with Gasteiger partial charge in [0.15, 0.2) is 0 Å². The standard InChI is InChI=1S/C13H24N4O2S/c14-1-3-16-5-8-19-13(9-16)12-10-18-7-6-17(12)4-2-15-11-20/h12-13H,1-10,14H2. The lowest BCUT2D eigenvalue weighted by Gasteiger charge is -2.43. The second kappa shape index (κ2) is 8.79. The van der Waals surface area contributed by atoms with E-state index in [2.05, 4.69) is 32.2 Å². The number of aliphatic imine (C=N–C) groups is 1. The van der Waals surface area contributed by atoms with Crippen LogP contribution in [0.3, 0.4) is 0 Å².